The van der Waals surface area contributed by atoms with Gasteiger partial charge in [0.05, 0.1) is 45.2 Å². The van der Waals surface area contributed by atoms with Crippen LogP contribution in [0.2, 0.25) is 0 Å². The van der Waals surface area contributed by atoms with E-state index in [2.05, 4.69) is 38.8 Å². The molecule has 74 heavy (non-hydrogen) atoms. The SMILES string of the molecule is C[C@@H]1NC(=O)N[C@@H]1CCCCCC(=O)NCCCOCCOCCOCCCNC(=O)C(CCCCNC(=O)OC(C)(C)C)NC(=O)OCCC[C@]12O[C@H]1[C@@H]1O[C@]13[C@]1(O[C@H]1C[C@H]1C4=C(CC[C@@]13C)C(=O)OC4)[C@@H]2O. The maximum absolute atomic E-state index is 13.4. The van der Waals surface area contributed by atoms with Crippen molar-refractivity contribution < 1.29 is 76.5 Å². The zero-order valence-corrected chi connectivity index (χ0v) is 44.1. The Morgan fingerprint density at radius 2 is 1.51 bits per heavy atom. The third-order valence-electron chi connectivity index (χ3n) is 16.4. The standard InChI is InChI=1S/C52H82N6O16/c1-32-36(57-45(63)56-32)14-7-6-8-16-39(59)53-21-12-23-66-26-28-68-29-27-67-24-13-22-54-42(60)37(15-9-10-20-55-46(64)74-48(2,3)4)58-47(65)69-25-11-18-50-40(72-50)41-52(73-41)49(5)19-17-33-34(31-70-43(33)61)35(49)30-38-51(52,71-38)44(50)62/h32,35-38,40-41,44,62H,6-31H2,1-5H3,(H,53,59)(H,54,60)(H,55,64)(H,58,65)(H2,56,57,63)/t32-,35-,36+,37?,38-,40-,41-,44+,49-,50-,51+,52+/m0/s1. The minimum Gasteiger partial charge on any atom is -0.458 e. The molecule has 4 saturated heterocycles. The van der Waals surface area contributed by atoms with Gasteiger partial charge in [-0.25, -0.2) is 19.2 Å². The van der Waals surface area contributed by atoms with E-state index < -0.39 is 46.7 Å². The lowest BCUT2D eigenvalue weighted by Gasteiger charge is -2.53. The van der Waals surface area contributed by atoms with E-state index in [1.807, 2.05) is 6.92 Å². The molecule has 8 rings (SSSR count). The van der Waals surface area contributed by atoms with Gasteiger partial charge in [0.25, 0.3) is 0 Å². The second kappa shape index (κ2) is 23.9. The van der Waals surface area contributed by atoms with Gasteiger partial charge in [0.1, 0.15) is 47.8 Å². The Labute approximate surface area is 434 Å². The number of epoxide rings is 3. The summed E-state index contributed by atoms with van der Waals surface area (Å²) >= 11 is 0. The fourth-order valence-corrected chi connectivity index (χ4v) is 12.6. The van der Waals surface area contributed by atoms with Crippen molar-refractivity contribution in [2.75, 3.05) is 72.5 Å². The molecule has 8 aliphatic rings. The summed E-state index contributed by atoms with van der Waals surface area (Å²) in [6, 6.07) is -0.715. The maximum Gasteiger partial charge on any atom is 0.407 e. The lowest BCUT2D eigenvalue weighted by atomic mass is 9.47. The highest BCUT2D eigenvalue weighted by molar-refractivity contribution is 5.92. The number of rotatable bonds is 31. The zero-order chi connectivity index (χ0) is 52.7. The number of amides is 6. The number of aliphatic hydroxyl groups excluding tert-OH is 1. The number of carbonyl (C=O) groups excluding carboxylic acids is 6. The van der Waals surface area contributed by atoms with E-state index in [0.29, 0.717) is 130 Å². The summed E-state index contributed by atoms with van der Waals surface area (Å²) in [5, 5.41) is 29.1. The van der Waals surface area contributed by atoms with Gasteiger partial charge >= 0.3 is 24.2 Å². The molecule has 22 nitrogen and oxygen atoms in total. The number of urea groups is 1. The van der Waals surface area contributed by atoms with Crippen molar-refractivity contribution in [3.05, 3.63) is 11.1 Å². The Balaban J connectivity index is 0.671. The smallest absolute Gasteiger partial charge is 0.407 e. The molecular weight excluding hydrogens is 965 g/mol. The van der Waals surface area contributed by atoms with Crippen molar-refractivity contribution in [1.29, 1.82) is 0 Å². The van der Waals surface area contributed by atoms with Crippen molar-refractivity contribution in [2.24, 2.45) is 11.3 Å². The molecule has 0 aromatic carbocycles. The first-order valence-corrected chi connectivity index (χ1v) is 27.3. The fraction of sp³-hybridized carbons (Fsp3) is 0.846. The molecule has 6 fully saturated rings. The predicted molar refractivity (Wildman–Crippen MR) is 264 cm³/mol. The highest BCUT2D eigenvalue weighted by atomic mass is 16.7. The molecule has 3 aliphatic carbocycles. The number of unbranched alkanes of at least 4 members (excludes halogenated alkanes) is 3. The average Bonchev–Trinajstić information content (AvgIpc) is 4.30. The Kier molecular flexibility index (Phi) is 18.1. The molecular formula is C52H82N6O16. The fourth-order valence-electron chi connectivity index (χ4n) is 12.6. The van der Waals surface area contributed by atoms with Crippen molar-refractivity contribution in [1.82, 2.24) is 31.9 Å². The molecule has 1 unspecified atom stereocenters. The van der Waals surface area contributed by atoms with Crippen LogP contribution < -0.4 is 31.9 Å². The van der Waals surface area contributed by atoms with E-state index in [-0.39, 0.29) is 72.2 Å². The largest absolute Gasteiger partial charge is 0.458 e. The molecule has 22 heteroatoms. The summed E-state index contributed by atoms with van der Waals surface area (Å²) in [6.07, 6.45) is 6.56. The predicted octanol–water partition coefficient (Wildman–Crippen LogP) is 3.10. The molecule has 5 aliphatic heterocycles. The minimum atomic E-state index is -0.935. The Morgan fingerprint density at radius 1 is 0.797 bits per heavy atom. The molecule has 12 atom stereocenters. The van der Waals surface area contributed by atoms with Gasteiger partial charge in [0, 0.05) is 56.3 Å². The highest BCUT2D eigenvalue weighted by Crippen LogP contribution is 2.82. The number of carbonyl (C=O) groups is 6. The number of fused-ring (bicyclic) bond motifs is 4. The number of hydrogen-bond acceptors (Lipinski definition) is 16. The minimum absolute atomic E-state index is 0.0315. The van der Waals surface area contributed by atoms with E-state index in [4.69, 9.17) is 42.6 Å². The molecule has 5 heterocycles. The number of ether oxygens (including phenoxy) is 9. The van der Waals surface area contributed by atoms with Crippen LogP contribution in [-0.2, 0) is 57.0 Å². The number of cyclic esters (lactones) is 1. The first-order chi connectivity index (χ1) is 35.5. The van der Waals surface area contributed by atoms with E-state index in [9.17, 15) is 33.9 Å². The molecule has 0 bridgehead atoms. The lowest BCUT2D eigenvalue weighted by molar-refractivity contribution is -0.136. The van der Waals surface area contributed by atoms with Crippen LogP contribution in [0.4, 0.5) is 14.4 Å². The number of aliphatic hydroxyl groups is 1. The van der Waals surface area contributed by atoms with E-state index in [1.165, 1.54) is 0 Å². The van der Waals surface area contributed by atoms with Gasteiger partial charge in [0.15, 0.2) is 5.60 Å². The third kappa shape index (κ3) is 12.3. The quantitative estimate of drug-likeness (QED) is 0.0227. The second-order valence-corrected chi connectivity index (χ2v) is 22.5. The Morgan fingerprint density at radius 3 is 2.23 bits per heavy atom. The maximum atomic E-state index is 13.4. The van der Waals surface area contributed by atoms with E-state index in [1.54, 1.807) is 20.8 Å². The van der Waals surface area contributed by atoms with Gasteiger partial charge in [-0.2, -0.15) is 0 Å². The molecule has 2 saturated carbocycles. The highest BCUT2D eigenvalue weighted by Gasteiger charge is 3.00. The molecule has 2 spiro atoms. The van der Waals surface area contributed by atoms with Crippen LogP contribution >= 0.6 is 0 Å². The van der Waals surface area contributed by atoms with E-state index in [0.717, 1.165) is 43.3 Å². The number of alkyl carbamates (subject to hydrolysis) is 2. The summed E-state index contributed by atoms with van der Waals surface area (Å²) in [5.41, 5.74) is -1.60. The molecule has 0 radical (unpaired) electrons. The summed E-state index contributed by atoms with van der Waals surface area (Å²) < 4.78 is 52.7. The van der Waals surface area contributed by atoms with Crippen molar-refractivity contribution >= 4 is 36.0 Å². The molecule has 7 N–H and O–H groups in total. The van der Waals surface area contributed by atoms with Crippen LogP contribution in [0.3, 0.4) is 0 Å². The van der Waals surface area contributed by atoms with Crippen LogP contribution in [-0.4, -0.2) is 179 Å². The summed E-state index contributed by atoms with van der Waals surface area (Å²) in [5.74, 6) is -0.488. The summed E-state index contributed by atoms with van der Waals surface area (Å²) in [7, 11) is 0. The zero-order valence-electron chi connectivity index (χ0n) is 44.1. The molecule has 416 valence electrons. The number of hydrogen-bond donors (Lipinski definition) is 7. The van der Waals surface area contributed by atoms with Crippen LogP contribution in [0.5, 0.6) is 0 Å². The van der Waals surface area contributed by atoms with Crippen molar-refractivity contribution in [3.8, 4) is 0 Å². The van der Waals surface area contributed by atoms with Crippen molar-refractivity contribution in [3.63, 3.8) is 0 Å². The molecule has 6 amide bonds. The van der Waals surface area contributed by atoms with Gasteiger partial charge in [-0.1, -0.05) is 19.8 Å². The molecule has 0 aromatic rings. The van der Waals surface area contributed by atoms with Crippen LogP contribution in [0, 0.1) is 11.3 Å². The van der Waals surface area contributed by atoms with Gasteiger partial charge in [-0.3, -0.25) is 9.59 Å². The number of esters is 1. The Bertz CT molecular complexity index is 2070. The van der Waals surface area contributed by atoms with Crippen LogP contribution in [0.25, 0.3) is 0 Å². The second-order valence-electron chi connectivity index (χ2n) is 22.5. The van der Waals surface area contributed by atoms with Gasteiger partial charge in [-0.15, -0.1) is 0 Å². The first kappa shape index (κ1) is 55.9. The first-order valence-electron chi connectivity index (χ1n) is 27.3. The summed E-state index contributed by atoms with van der Waals surface area (Å²) in [4.78, 5) is 74.6. The van der Waals surface area contributed by atoms with Gasteiger partial charge in [0.2, 0.25) is 11.8 Å². The van der Waals surface area contributed by atoms with Crippen molar-refractivity contribution in [2.45, 2.75) is 196 Å². The monoisotopic (exact) mass is 1050 g/mol. The number of nitrogens with one attached hydrogen (secondary N) is 6. The van der Waals surface area contributed by atoms with E-state index >= 15 is 0 Å². The Hall–Kier alpha value is -4.32. The van der Waals surface area contributed by atoms with Crippen LogP contribution in [0.1, 0.15) is 131 Å². The van der Waals surface area contributed by atoms with Crippen LogP contribution in [0.15, 0.2) is 11.1 Å². The molecule has 0 aromatic heterocycles. The summed E-state index contributed by atoms with van der Waals surface area (Å²) in [6.45, 7) is 13.6. The van der Waals surface area contributed by atoms with Gasteiger partial charge < -0.3 is 79.6 Å². The lowest BCUT2D eigenvalue weighted by Crippen LogP contribution is -2.68. The third-order valence-corrected chi connectivity index (χ3v) is 16.4. The average molecular weight is 1050 g/mol. The van der Waals surface area contributed by atoms with Gasteiger partial charge in [-0.05, 0) is 116 Å². The normalized spacial score (nSPS) is 32.9. The topological polar surface area (TPSA) is 288 Å².